The van der Waals surface area contributed by atoms with Crippen molar-refractivity contribution in [2.75, 3.05) is 6.61 Å². The molecule has 98 valence electrons. The molecular weight excluding hydrogens is 238 g/mol. The van der Waals surface area contributed by atoms with Crippen molar-refractivity contribution in [1.29, 1.82) is 0 Å². The van der Waals surface area contributed by atoms with Gasteiger partial charge in [-0.05, 0) is 35.6 Å². The lowest BCUT2D eigenvalue weighted by molar-refractivity contribution is 0.163. The highest BCUT2D eigenvalue weighted by Crippen LogP contribution is 2.35. The van der Waals surface area contributed by atoms with Crippen molar-refractivity contribution in [3.05, 3.63) is 59.7 Å². The number of carbonyl (C=O) groups excluding carboxylic acids is 1. The van der Waals surface area contributed by atoms with E-state index in [2.05, 4.69) is 59.0 Å². The summed E-state index contributed by atoms with van der Waals surface area (Å²) in [4.78, 5) is 9.60. The Hall–Kier alpha value is -2.29. The van der Waals surface area contributed by atoms with E-state index in [1.165, 1.54) is 22.3 Å². The summed E-state index contributed by atoms with van der Waals surface area (Å²) in [6.45, 7) is 2.06. The number of carbonyl (C=O) groups is 1. The van der Waals surface area contributed by atoms with Gasteiger partial charge >= 0.3 is 6.09 Å². The summed E-state index contributed by atoms with van der Waals surface area (Å²) in [5, 5.41) is 0. The van der Waals surface area contributed by atoms with Gasteiger partial charge in [0, 0.05) is 0 Å². The quantitative estimate of drug-likeness (QED) is 0.725. The first kappa shape index (κ1) is 13.1. The molecule has 0 saturated heterocycles. The first-order valence-corrected chi connectivity index (χ1v) is 6.30. The zero-order valence-corrected chi connectivity index (χ0v) is 10.9. The van der Waals surface area contributed by atoms with E-state index in [-0.39, 0.29) is 0 Å². The van der Waals surface area contributed by atoms with Gasteiger partial charge in [0.1, 0.15) is 0 Å². The summed E-state index contributed by atoms with van der Waals surface area (Å²) in [6.07, 6.45) is 0.393. The summed E-state index contributed by atoms with van der Waals surface area (Å²) in [7, 11) is 0. The van der Waals surface area contributed by atoms with Crippen molar-refractivity contribution in [2.24, 2.45) is 5.73 Å². The van der Waals surface area contributed by atoms with Gasteiger partial charge in [-0.3, -0.25) is 0 Å². The van der Waals surface area contributed by atoms with E-state index in [1.807, 2.05) is 0 Å². The second-order valence-corrected chi connectivity index (χ2v) is 4.24. The average molecular weight is 255 g/mol. The molecule has 0 heterocycles. The molecule has 0 spiro atoms. The fourth-order valence-corrected chi connectivity index (χ4v) is 2.22. The maximum absolute atomic E-state index is 9.60. The third-order valence-corrected chi connectivity index (χ3v) is 2.99. The van der Waals surface area contributed by atoms with Crippen LogP contribution < -0.4 is 5.73 Å². The predicted octanol–water partition coefficient (Wildman–Crippen LogP) is 3.36. The summed E-state index contributed by atoms with van der Waals surface area (Å²) in [6, 6.07) is 17.3. The Labute approximate surface area is 113 Å². The number of hydrogen-bond acceptors (Lipinski definition) is 2. The highest BCUT2D eigenvalue weighted by molar-refractivity contribution is 5.76. The highest BCUT2D eigenvalue weighted by Gasteiger charge is 2.15. The molecule has 1 aliphatic rings. The first-order valence-electron chi connectivity index (χ1n) is 6.30. The second-order valence-electron chi connectivity index (χ2n) is 4.24. The van der Waals surface area contributed by atoms with E-state index in [1.54, 1.807) is 6.92 Å². The Bertz CT molecular complexity index is 535. The van der Waals surface area contributed by atoms with Crippen LogP contribution in [0, 0.1) is 0 Å². The molecule has 0 fully saturated rings. The normalized spacial score (nSPS) is 10.8. The van der Waals surface area contributed by atoms with Gasteiger partial charge in [-0.1, -0.05) is 48.5 Å². The van der Waals surface area contributed by atoms with Gasteiger partial charge in [0.15, 0.2) is 0 Å². The Morgan fingerprint density at radius 1 is 1.05 bits per heavy atom. The van der Waals surface area contributed by atoms with Crippen LogP contribution in [0.1, 0.15) is 18.1 Å². The van der Waals surface area contributed by atoms with Crippen molar-refractivity contribution >= 4 is 6.09 Å². The van der Waals surface area contributed by atoms with Gasteiger partial charge < -0.3 is 10.5 Å². The van der Waals surface area contributed by atoms with Gasteiger partial charge in [0.2, 0.25) is 0 Å². The van der Waals surface area contributed by atoms with Crippen molar-refractivity contribution in [3.63, 3.8) is 0 Å². The molecule has 0 bridgehead atoms. The van der Waals surface area contributed by atoms with Crippen LogP contribution in [0.2, 0.25) is 0 Å². The fraction of sp³-hybridized carbons (Fsp3) is 0.188. The standard InChI is InChI=1S/C13H10.C3H7NO2/c1-3-7-12-10(5-1)9-11-6-2-4-8-13(11)12;1-2-6-3(4)5/h1-8H,9H2;2H2,1H3,(H2,4,5). The van der Waals surface area contributed by atoms with Crippen LogP contribution in [0.25, 0.3) is 11.1 Å². The van der Waals surface area contributed by atoms with Crippen molar-refractivity contribution in [1.82, 2.24) is 0 Å². The minimum Gasteiger partial charge on any atom is -0.450 e. The number of primary amides is 1. The van der Waals surface area contributed by atoms with Gasteiger partial charge in [-0.15, -0.1) is 0 Å². The highest BCUT2D eigenvalue weighted by atomic mass is 16.5. The van der Waals surface area contributed by atoms with Gasteiger partial charge in [0.05, 0.1) is 6.61 Å². The summed E-state index contributed by atoms with van der Waals surface area (Å²) >= 11 is 0. The van der Waals surface area contributed by atoms with Crippen LogP contribution in [-0.4, -0.2) is 12.7 Å². The first-order chi connectivity index (χ1) is 9.22. The number of fused-ring (bicyclic) bond motifs is 3. The summed E-state index contributed by atoms with van der Waals surface area (Å²) < 4.78 is 4.18. The third-order valence-electron chi connectivity index (χ3n) is 2.99. The van der Waals surface area contributed by atoms with Crippen molar-refractivity contribution in [2.45, 2.75) is 13.3 Å². The van der Waals surface area contributed by atoms with Crippen LogP contribution in [0.3, 0.4) is 0 Å². The summed E-state index contributed by atoms with van der Waals surface area (Å²) in [5.41, 5.74) is 10.3. The van der Waals surface area contributed by atoms with Gasteiger partial charge in [-0.25, -0.2) is 4.79 Å². The topological polar surface area (TPSA) is 52.3 Å². The lowest BCUT2D eigenvalue weighted by atomic mass is 10.1. The monoisotopic (exact) mass is 255 g/mol. The van der Waals surface area contributed by atoms with Crippen molar-refractivity contribution < 1.29 is 9.53 Å². The fourth-order valence-electron chi connectivity index (χ4n) is 2.22. The molecule has 2 aromatic rings. The van der Waals surface area contributed by atoms with E-state index in [9.17, 15) is 4.79 Å². The molecule has 0 aromatic heterocycles. The molecule has 3 heteroatoms. The molecular formula is C16H17NO2. The minimum absolute atomic E-state index is 0.356. The molecule has 19 heavy (non-hydrogen) atoms. The van der Waals surface area contributed by atoms with E-state index < -0.39 is 6.09 Å². The molecule has 1 amide bonds. The van der Waals surface area contributed by atoms with Gasteiger partial charge in [0.25, 0.3) is 0 Å². The number of nitrogens with two attached hydrogens (primary N) is 1. The van der Waals surface area contributed by atoms with Crippen LogP contribution in [-0.2, 0) is 11.2 Å². The van der Waals surface area contributed by atoms with E-state index in [0.717, 1.165) is 6.42 Å². The molecule has 2 aromatic carbocycles. The molecule has 0 unspecified atom stereocenters. The maximum Gasteiger partial charge on any atom is 0.404 e. The molecule has 3 rings (SSSR count). The largest absolute Gasteiger partial charge is 0.450 e. The molecule has 0 saturated carbocycles. The van der Waals surface area contributed by atoms with Crippen LogP contribution in [0.5, 0.6) is 0 Å². The zero-order valence-electron chi connectivity index (χ0n) is 10.9. The Morgan fingerprint density at radius 2 is 1.53 bits per heavy atom. The molecule has 3 nitrogen and oxygen atoms in total. The zero-order chi connectivity index (χ0) is 13.7. The van der Waals surface area contributed by atoms with E-state index >= 15 is 0 Å². The minimum atomic E-state index is -0.711. The predicted molar refractivity (Wildman–Crippen MR) is 75.9 cm³/mol. The number of benzene rings is 2. The Balaban J connectivity index is 0.000000192. The number of rotatable bonds is 1. The molecule has 2 N–H and O–H groups in total. The van der Waals surface area contributed by atoms with Gasteiger partial charge in [-0.2, -0.15) is 0 Å². The second kappa shape index (κ2) is 6.05. The van der Waals surface area contributed by atoms with Crippen LogP contribution in [0.15, 0.2) is 48.5 Å². The summed E-state index contributed by atoms with van der Waals surface area (Å²) in [5.74, 6) is 0. The number of ether oxygens (including phenoxy) is 1. The molecule has 0 radical (unpaired) electrons. The molecule has 0 aliphatic heterocycles. The van der Waals surface area contributed by atoms with Crippen LogP contribution in [0.4, 0.5) is 4.79 Å². The number of amides is 1. The molecule has 0 atom stereocenters. The van der Waals surface area contributed by atoms with Crippen LogP contribution >= 0.6 is 0 Å². The SMILES string of the molecule is CCOC(N)=O.c1ccc2c(c1)Cc1ccccc1-2. The van der Waals surface area contributed by atoms with E-state index in [4.69, 9.17) is 0 Å². The Morgan fingerprint density at radius 3 is 1.89 bits per heavy atom. The van der Waals surface area contributed by atoms with E-state index in [0.29, 0.717) is 6.61 Å². The van der Waals surface area contributed by atoms with Crippen molar-refractivity contribution in [3.8, 4) is 11.1 Å². The smallest absolute Gasteiger partial charge is 0.404 e. The number of hydrogen-bond donors (Lipinski definition) is 1. The Kier molecular flexibility index (Phi) is 4.18. The lowest BCUT2D eigenvalue weighted by Gasteiger charge is -1.98. The molecule has 1 aliphatic carbocycles. The average Bonchev–Trinajstić information content (AvgIpc) is 2.78. The third kappa shape index (κ3) is 3.13. The lowest BCUT2D eigenvalue weighted by Crippen LogP contribution is -2.11. The maximum atomic E-state index is 9.60.